The zero-order valence-electron chi connectivity index (χ0n) is 8.07. The van der Waals surface area contributed by atoms with Gasteiger partial charge >= 0.3 is 12.1 Å². The molecule has 0 unspecified atom stereocenters. The Bertz CT molecular complexity index is 348. The van der Waals surface area contributed by atoms with Crippen molar-refractivity contribution in [1.82, 2.24) is 0 Å². The molecule has 88 valence electrons. The summed E-state index contributed by atoms with van der Waals surface area (Å²) in [6, 6.07) is 7.67. The SMILES string of the molecule is O=C(C[C@@H](O)C(F)(F)F)Oc1ccccc1. The topological polar surface area (TPSA) is 46.5 Å². The van der Waals surface area contributed by atoms with Crippen LogP contribution >= 0.6 is 0 Å². The van der Waals surface area contributed by atoms with Crippen molar-refractivity contribution >= 4 is 5.97 Å². The van der Waals surface area contributed by atoms with E-state index in [0.29, 0.717) is 0 Å². The van der Waals surface area contributed by atoms with Gasteiger partial charge in [0.1, 0.15) is 5.75 Å². The summed E-state index contributed by atoms with van der Waals surface area (Å²) in [6.07, 6.45) is -8.61. The smallest absolute Gasteiger partial charge is 0.414 e. The van der Waals surface area contributed by atoms with E-state index >= 15 is 0 Å². The number of para-hydroxylation sites is 1. The molecule has 0 amide bonds. The fourth-order valence-electron chi connectivity index (χ4n) is 0.935. The van der Waals surface area contributed by atoms with Gasteiger partial charge in [-0.05, 0) is 12.1 Å². The van der Waals surface area contributed by atoms with Crippen LogP contribution in [0.2, 0.25) is 0 Å². The van der Waals surface area contributed by atoms with Crippen molar-refractivity contribution < 1.29 is 27.8 Å². The van der Waals surface area contributed by atoms with Crippen molar-refractivity contribution in [3.63, 3.8) is 0 Å². The number of esters is 1. The van der Waals surface area contributed by atoms with Gasteiger partial charge in [0.05, 0.1) is 6.42 Å². The normalized spacial score (nSPS) is 13.2. The van der Waals surface area contributed by atoms with Crippen molar-refractivity contribution in [2.24, 2.45) is 0 Å². The highest BCUT2D eigenvalue weighted by atomic mass is 19.4. The molecule has 0 saturated carbocycles. The van der Waals surface area contributed by atoms with Crippen LogP contribution in [0.15, 0.2) is 30.3 Å². The zero-order valence-corrected chi connectivity index (χ0v) is 8.07. The number of halogens is 3. The molecule has 0 radical (unpaired) electrons. The minimum atomic E-state index is -4.81. The maximum atomic E-state index is 11.9. The summed E-state index contributed by atoms with van der Waals surface area (Å²) in [7, 11) is 0. The Kier molecular flexibility index (Phi) is 3.89. The first-order valence-corrected chi connectivity index (χ1v) is 4.40. The van der Waals surface area contributed by atoms with Gasteiger partial charge in [0.25, 0.3) is 0 Å². The molecule has 1 aromatic rings. The second-order valence-corrected chi connectivity index (χ2v) is 3.05. The highest BCUT2D eigenvalue weighted by molar-refractivity contribution is 5.72. The number of aliphatic hydroxyl groups is 1. The van der Waals surface area contributed by atoms with E-state index in [-0.39, 0.29) is 5.75 Å². The largest absolute Gasteiger partial charge is 0.426 e. The molecule has 0 fully saturated rings. The molecule has 1 aromatic carbocycles. The molecule has 0 heterocycles. The van der Waals surface area contributed by atoms with E-state index in [1.807, 2.05) is 0 Å². The first-order chi connectivity index (χ1) is 7.39. The first kappa shape index (κ1) is 12.5. The number of rotatable bonds is 3. The van der Waals surface area contributed by atoms with Crippen LogP contribution in [0.25, 0.3) is 0 Å². The highest BCUT2D eigenvalue weighted by Crippen LogP contribution is 2.22. The van der Waals surface area contributed by atoms with Crippen LogP contribution in [0.4, 0.5) is 13.2 Å². The van der Waals surface area contributed by atoms with Crippen molar-refractivity contribution in [3.8, 4) is 5.75 Å². The highest BCUT2D eigenvalue weighted by Gasteiger charge is 2.39. The lowest BCUT2D eigenvalue weighted by Crippen LogP contribution is -2.32. The standard InChI is InChI=1S/C10H9F3O3/c11-10(12,13)8(14)6-9(15)16-7-4-2-1-3-5-7/h1-5,8,14H,6H2/t8-/m1/s1. The van der Waals surface area contributed by atoms with Crippen molar-refractivity contribution in [2.75, 3.05) is 0 Å². The second-order valence-electron chi connectivity index (χ2n) is 3.05. The van der Waals surface area contributed by atoms with Crippen molar-refractivity contribution in [3.05, 3.63) is 30.3 Å². The van der Waals surface area contributed by atoms with Crippen molar-refractivity contribution in [1.29, 1.82) is 0 Å². The van der Waals surface area contributed by atoms with Gasteiger partial charge in [-0.25, -0.2) is 0 Å². The zero-order chi connectivity index (χ0) is 12.2. The molecular formula is C10H9F3O3. The average molecular weight is 234 g/mol. The van der Waals surface area contributed by atoms with Gasteiger partial charge in [-0.1, -0.05) is 18.2 Å². The number of carbonyl (C=O) groups excluding carboxylic acids is 1. The number of hydrogen-bond donors (Lipinski definition) is 1. The molecule has 6 heteroatoms. The van der Waals surface area contributed by atoms with Crippen LogP contribution in [0.3, 0.4) is 0 Å². The summed E-state index contributed by atoms with van der Waals surface area (Å²) in [6.45, 7) is 0. The Morgan fingerprint density at radius 3 is 2.38 bits per heavy atom. The van der Waals surface area contributed by atoms with Gasteiger partial charge in [-0.15, -0.1) is 0 Å². The molecule has 1 atom stereocenters. The van der Waals surface area contributed by atoms with Gasteiger partial charge in [-0.3, -0.25) is 4.79 Å². The molecular weight excluding hydrogens is 225 g/mol. The van der Waals surface area contributed by atoms with Gasteiger partial charge in [0.2, 0.25) is 0 Å². The monoisotopic (exact) mass is 234 g/mol. The number of ether oxygens (including phenoxy) is 1. The number of benzene rings is 1. The Hall–Kier alpha value is -1.56. The van der Waals surface area contributed by atoms with Crippen LogP contribution in [0.5, 0.6) is 5.75 Å². The number of alkyl halides is 3. The maximum Gasteiger partial charge on any atom is 0.414 e. The van der Waals surface area contributed by atoms with Gasteiger partial charge in [-0.2, -0.15) is 13.2 Å². The van der Waals surface area contributed by atoms with E-state index in [0.717, 1.165) is 0 Å². The molecule has 0 bridgehead atoms. The maximum absolute atomic E-state index is 11.9. The summed E-state index contributed by atoms with van der Waals surface area (Å²) in [5.41, 5.74) is 0. The van der Waals surface area contributed by atoms with Crippen LogP contribution < -0.4 is 4.74 Å². The summed E-state index contributed by atoms with van der Waals surface area (Å²) in [5.74, 6) is -0.988. The predicted molar refractivity (Wildman–Crippen MR) is 48.8 cm³/mol. The minimum absolute atomic E-state index is 0.141. The predicted octanol–water partition coefficient (Wildman–Crippen LogP) is 1.91. The minimum Gasteiger partial charge on any atom is -0.426 e. The molecule has 1 N–H and O–H groups in total. The first-order valence-electron chi connectivity index (χ1n) is 4.40. The van der Waals surface area contributed by atoms with Crippen LogP contribution in [-0.2, 0) is 4.79 Å². The lowest BCUT2D eigenvalue weighted by Gasteiger charge is -2.13. The van der Waals surface area contributed by atoms with E-state index in [9.17, 15) is 18.0 Å². The number of aliphatic hydroxyl groups excluding tert-OH is 1. The van der Waals surface area contributed by atoms with Crippen LogP contribution in [0, 0.1) is 0 Å². The van der Waals surface area contributed by atoms with E-state index in [1.54, 1.807) is 18.2 Å². The fourth-order valence-corrected chi connectivity index (χ4v) is 0.935. The van der Waals surface area contributed by atoms with E-state index in [1.165, 1.54) is 12.1 Å². The molecule has 0 aliphatic heterocycles. The number of carbonyl (C=O) groups is 1. The van der Waals surface area contributed by atoms with Gasteiger partial charge < -0.3 is 9.84 Å². The van der Waals surface area contributed by atoms with Gasteiger partial charge in [0, 0.05) is 0 Å². The molecule has 0 saturated heterocycles. The molecule has 3 nitrogen and oxygen atoms in total. The molecule has 1 rings (SSSR count). The second kappa shape index (κ2) is 4.98. The summed E-state index contributed by atoms with van der Waals surface area (Å²) >= 11 is 0. The lowest BCUT2D eigenvalue weighted by atomic mass is 10.2. The third kappa shape index (κ3) is 3.90. The lowest BCUT2D eigenvalue weighted by molar-refractivity contribution is -0.207. The molecule has 0 aliphatic rings. The molecule has 0 aliphatic carbocycles. The van der Waals surface area contributed by atoms with Gasteiger partial charge in [0.15, 0.2) is 6.10 Å². The molecule has 0 aromatic heterocycles. The average Bonchev–Trinajstić information content (AvgIpc) is 2.17. The number of hydrogen-bond acceptors (Lipinski definition) is 3. The third-order valence-corrected chi connectivity index (χ3v) is 1.71. The Labute approximate surface area is 89.5 Å². The van der Waals surface area contributed by atoms with Crippen molar-refractivity contribution in [2.45, 2.75) is 18.7 Å². The summed E-state index contributed by atoms with van der Waals surface area (Å²) in [4.78, 5) is 11.0. The molecule has 0 spiro atoms. The molecule has 16 heavy (non-hydrogen) atoms. The Morgan fingerprint density at radius 2 is 1.88 bits per heavy atom. The summed E-state index contributed by atoms with van der Waals surface area (Å²) in [5, 5.41) is 8.61. The van der Waals surface area contributed by atoms with E-state index in [4.69, 9.17) is 5.11 Å². The Balaban J connectivity index is 2.49. The third-order valence-electron chi connectivity index (χ3n) is 1.71. The fraction of sp³-hybridized carbons (Fsp3) is 0.300. The quantitative estimate of drug-likeness (QED) is 0.641. The van der Waals surface area contributed by atoms with Crippen LogP contribution in [-0.4, -0.2) is 23.4 Å². The van der Waals surface area contributed by atoms with E-state index < -0.39 is 24.7 Å². The Morgan fingerprint density at radius 1 is 1.31 bits per heavy atom. The van der Waals surface area contributed by atoms with E-state index in [2.05, 4.69) is 4.74 Å². The van der Waals surface area contributed by atoms with Crippen LogP contribution in [0.1, 0.15) is 6.42 Å². The summed E-state index contributed by atoms with van der Waals surface area (Å²) < 4.78 is 40.3.